The van der Waals surface area contributed by atoms with Crippen LogP contribution in [-0.4, -0.2) is 27.0 Å². The highest BCUT2D eigenvalue weighted by molar-refractivity contribution is 5.78. The van der Waals surface area contributed by atoms with Crippen LogP contribution in [0.2, 0.25) is 0 Å². The van der Waals surface area contributed by atoms with Gasteiger partial charge in [0.2, 0.25) is 5.91 Å². The van der Waals surface area contributed by atoms with Gasteiger partial charge in [0.15, 0.2) is 0 Å². The maximum Gasteiger partial charge on any atom is 0.305 e. The van der Waals surface area contributed by atoms with Gasteiger partial charge in [0.25, 0.3) is 5.56 Å². The third-order valence-electron chi connectivity index (χ3n) is 4.67. The Hall–Kier alpha value is -3.48. The molecule has 3 rings (SSSR count). The van der Waals surface area contributed by atoms with Crippen LogP contribution in [0.4, 0.5) is 0 Å². The monoisotopic (exact) mass is 393 g/mol. The summed E-state index contributed by atoms with van der Waals surface area (Å²) in [5.41, 5.74) is 2.24. The van der Waals surface area contributed by atoms with E-state index in [-0.39, 0.29) is 24.3 Å². The van der Waals surface area contributed by atoms with E-state index in [0.717, 1.165) is 11.1 Å². The number of carbonyl (C=O) groups excluding carboxylic acids is 1. The summed E-state index contributed by atoms with van der Waals surface area (Å²) >= 11 is 0. The highest BCUT2D eigenvalue weighted by Gasteiger charge is 2.18. The molecular weight excluding hydrogens is 370 g/mol. The molecule has 3 N–H and O–H groups in total. The zero-order chi connectivity index (χ0) is 20.8. The zero-order valence-electron chi connectivity index (χ0n) is 16.1. The number of carboxylic acid groups (broad SMARTS) is 1. The minimum absolute atomic E-state index is 0.186. The first-order valence-electron chi connectivity index (χ1n) is 9.48. The second-order valence-electron chi connectivity index (χ2n) is 7.01. The molecule has 1 heterocycles. The number of hydrogen-bond acceptors (Lipinski definition) is 4. The molecule has 7 heteroatoms. The van der Waals surface area contributed by atoms with Crippen molar-refractivity contribution < 1.29 is 14.7 Å². The summed E-state index contributed by atoms with van der Waals surface area (Å²) in [6.07, 6.45) is 0.954. The van der Waals surface area contributed by atoms with Crippen molar-refractivity contribution in [1.29, 1.82) is 0 Å². The van der Waals surface area contributed by atoms with Gasteiger partial charge >= 0.3 is 5.97 Å². The van der Waals surface area contributed by atoms with E-state index in [1.165, 1.54) is 0 Å². The lowest BCUT2D eigenvalue weighted by Gasteiger charge is -2.17. The van der Waals surface area contributed by atoms with Gasteiger partial charge in [-0.1, -0.05) is 42.0 Å². The van der Waals surface area contributed by atoms with Gasteiger partial charge in [0.1, 0.15) is 5.82 Å². The maximum absolute atomic E-state index is 12.3. The summed E-state index contributed by atoms with van der Waals surface area (Å²) in [6.45, 7) is 1.94. The smallest absolute Gasteiger partial charge is 0.305 e. The summed E-state index contributed by atoms with van der Waals surface area (Å²) in [6, 6.07) is 13.9. The van der Waals surface area contributed by atoms with Crippen molar-refractivity contribution >= 4 is 22.8 Å². The van der Waals surface area contributed by atoms with Gasteiger partial charge in [-0.2, -0.15) is 0 Å². The SMILES string of the molecule is Cc1ccc(C(CC(=O)O)NC(=O)CCCc2nc3ccccc3c(=O)[nH]2)cc1. The fourth-order valence-corrected chi connectivity index (χ4v) is 3.16. The number of aromatic amines is 1. The quantitative estimate of drug-likeness (QED) is 0.545. The standard InChI is InChI=1S/C22H23N3O4/c1-14-9-11-15(12-10-14)18(13-21(27)28)24-20(26)8-4-7-19-23-17-6-3-2-5-16(17)22(29)25-19/h2-3,5-6,9-12,18H,4,7-8,13H2,1H3,(H,24,26)(H,27,28)(H,23,25,29). The molecule has 2 aromatic carbocycles. The number of carboxylic acids is 1. The lowest BCUT2D eigenvalue weighted by atomic mass is 10.0. The molecule has 0 aliphatic carbocycles. The Morgan fingerprint density at radius 1 is 1.14 bits per heavy atom. The number of nitrogens with zero attached hydrogens (tertiary/aromatic N) is 1. The Kier molecular flexibility index (Phi) is 6.39. The molecule has 0 saturated carbocycles. The molecule has 3 aromatic rings. The Morgan fingerprint density at radius 3 is 2.59 bits per heavy atom. The van der Waals surface area contributed by atoms with E-state index < -0.39 is 12.0 Å². The van der Waals surface area contributed by atoms with Crippen LogP contribution in [0.15, 0.2) is 53.3 Å². The largest absolute Gasteiger partial charge is 0.481 e. The molecule has 0 aliphatic rings. The normalized spacial score (nSPS) is 11.9. The average Bonchev–Trinajstić information content (AvgIpc) is 2.68. The number of aliphatic carboxylic acids is 1. The van der Waals surface area contributed by atoms with Gasteiger partial charge in [0, 0.05) is 12.8 Å². The van der Waals surface area contributed by atoms with Crippen molar-refractivity contribution in [3.8, 4) is 0 Å². The molecule has 1 aromatic heterocycles. The van der Waals surface area contributed by atoms with Gasteiger partial charge in [-0.3, -0.25) is 14.4 Å². The lowest BCUT2D eigenvalue weighted by Crippen LogP contribution is -2.30. The van der Waals surface area contributed by atoms with Crippen LogP contribution < -0.4 is 10.9 Å². The Labute approximate surface area is 167 Å². The summed E-state index contributed by atoms with van der Waals surface area (Å²) in [7, 11) is 0. The van der Waals surface area contributed by atoms with Crippen LogP contribution in [0.5, 0.6) is 0 Å². The number of aromatic nitrogens is 2. The summed E-state index contributed by atoms with van der Waals surface area (Å²) < 4.78 is 0. The molecule has 7 nitrogen and oxygen atoms in total. The first-order valence-corrected chi connectivity index (χ1v) is 9.48. The van der Waals surface area contributed by atoms with E-state index in [1.807, 2.05) is 37.3 Å². The molecule has 0 bridgehead atoms. The molecule has 1 amide bonds. The number of para-hydroxylation sites is 1. The second-order valence-corrected chi connectivity index (χ2v) is 7.01. The molecular formula is C22H23N3O4. The van der Waals surface area contributed by atoms with Crippen LogP contribution in [-0.2, 0) is 16.0 Å². The highest BCUT2D eigenvalue weighted by Crippen LogP contribution is 2.18. The number of aryl methyl sites for hydroxylation is 2. The van der Waals surface area contributed by atoms with E-state index >= 15 is 0 Å². The van der Waals surface area contributed by atoms with Crippen molar-refractivity contribution in [2.75, 3.05) is 0 Å². The highest BCUT2D eigenvalue weighted by atomic mass is 16.4. The molecule has 1 atom stereocenters. The molecule has 0 fully saturated rings. The predicted molar refractivity (Wildman–Crippen MR) is 110 cm³/mol. The van der Waals surface area contributed by atoms with Gasteiger partial charge in [-0.25, -0.2) is 4.98 Å². The average molecular weight is 393 g/mol. The van der Waals surface area contributed by atoms with E-state index in [1.54, 1.807) is 18.2 Å². The van der Waals surface area contributed by atoms with Crippen LogP contribution in [0.1, 0.15) is 42.3 Å². The molecule has 29 heavy (non-hydrogen) atoms. The number of fused-ring (bicyclic) bond motifs is 1. The fourth-order valence-electron chi connectivity index (χ4n) is 3.16. The number of nitrogens with one attached hydrogen (secondary N) is 2. The Morgan fingerprint density at radius 2 is 1.86 bits per heavy atom. The number of hydrogen-bond donors (Lipinski definition) is 3. The fraction of sp³-hybridized carbons (Fsp3) is 0.273. The van der Waals surface area contributed by atoms with Crippen molar-refractivity contribution in [1.82, 2.24) is 15.3 Å². The third kappa shape index (κ3) is 5.51. The zero-order valence-corrected chi connectivity index (χ0v) is 16.1. The number of H-pyrrole nitrogens is 1. The van der Waals surface area contributed by atoms with Crippen molar-refractivity contribution in [3.05, 3.63) is 75.8 Å². The van der Waals surface area contributed by atoms with Gasteiger partial charge in [-0.15, -0.1) is 0 Å². The molecule has 0 aliphatic heterocycles. The summed E-state index contributed by atoms with van der Waals surface area (Å²) in [5, 5.41) is 12.5. The molecule has 1 unspecified atom stereocenters. The van der Waals surface area contributed by atoms with Crippen molar-refractivity contribution in [3.63, 3.8) is 0 Å². The van der Waals surface area contributed by atoms with Crippen LogP contribution in [0.3, 0.4) is 0 Å². The van der Waals surface area contributed by atoms with Crippen LogP contribution >= 0.6 is 0 Å². The van der Waals surface area contributed by atoms with E-state index in [4.69, 9.17) is 5.11 Å². The van der Waals surface area contributed by atoms with Gasteiger partial charge < -0.3 is 15.4 Å². The summed E-state index contributed by atoms with van der Waals surface area (Å²) in [5.74, 6) is -0.684. The third-order valence-corrected chi connectivity index (χ3v) is 4.67. The van der Waals surface area contributed by atoms with Crippen molar-refractivity contribution in [2.45, 2.75) is 38.6 Å². The first kappa shape index (κ1) is 20.3. The maximum atomic E-state index is 12.3. The number of amides is 1. The number of rotatable bonds is 8. The number of carbonyl (C=O) groups is 2. The molecule has 0 saturated heterocycles. The van der Waals surface area contributed by atoms with E-state index in [2.05, 4.69) is 15.3 Å². The van der Waals surface area contributed by atoms with Crippen LogP contribution in [0.25, 0.3) is 10.9 Å². The first-order chi connectivity index (χ1) is 13.9. The lowest BCUT2D eigenvalue weighted by molar-refractivity contribution is -0.137. The Balaban J connectivity index is 1.60. The number of benzene rings is 2. The minimum atomic E-state index is -0.978. The van der Waals surface area contributed by atoms with Crippen molar-refractivity contribution in [2.24, 2.45) is 0 Å². The van der Waals surface area contributed by atoms with Gasteiger partial charge in [0.05, 0.1) is 23.4 Å². The summed E-state index contributed by atoms with van der Waals surface area (Å²) in [4.78, 5) is 42.8. The van der Waals surface area contributed by atoms with E-state index in [0.29, 0.717) is 29.6 Å². The predicted octanol–water partition coefficient (Wildman–Crippen LogP) is 2.89. The van der Waals surface area contributed by atoms with Gasteiger partial charge in [-0.05, 0) is 31.0 Å². The second kappa shape index (κ2) is 9.14. The minimum Gasteiger partial charge on any atom is -0.481 e. The topological polar surface area (TPSA) is 112 Å². The molecule has 0 radical (unpaired) electrons. The van der Waals surface area contributed by atoms with E-state index in [9.17, 15) is 14.4 Å². The Bertz CT molecular complexity index is 1070. The molecule has 150 valence electrons. The van der Waals surface area contributed by atoms with Crippen LogP contribution in [0, 0.1) is 6.92 Å². The molecule has 0 spiro atoms.